The van der Waals surface area contributed by atoms with Crippen molar-refractivity contribution in [3.8, 4) is 0 Å². The molecule has 10 heteroatoms. The SMILES string of the molecule is CC(=O)Nc1ccc(NC(=O)[C@H](C)OC(=O)CNS(=O)(=O)/C=C/c2ccc(C)cc2)cc1. The predicted molar refractivity (Wildman–Crippen MR) is 122 cm³/mol. The minimum atomic E-state index is -3.86. The van der Waals surface area contributed by atoms with E-state index in [-0.39, 0.29) is 5.91 Å². The number of carbonyl (C=O) groups excluding carboxylic acids is 3. The number of amides is 2. The van der Waals surface area contributed by atoms with Crippen molar-refractivity contribution >= 4 is 45.3 Å². The van der Waals surface area contributed by atoms with Crippen molar-refractivity contribution < 1.29 is 27.5 Å². The number of aryl methyl sites for hydroxylation is 1. The summed E-state index contributed by atoms with van der Waals surface area (Å²) < 4.78 is 31.1. The van der Waals surface area contributed by atoms with Gasteiger partial charge in [-0.25, -0.2) is 13.1 Å². The third kappa shape index (κ3) is 8.70. The van der Waals surface area contributed by atoms with E-state index in [2.05, 4.69) is 15.4 Å². The summed E-state index contributed by atoms with van der Waals surface area (Å²) in [6, 6.07) is 13.6. The number of esters is 1. The van der Waals surface area contributed by atoms with Gasteiger partial charge in [-0.2, -0.15) is 0 Å². The fourth-order valence-electron chi connectivity index (χ4n) is 2.43. The maximum Gasteiger partial charge on any atom is 0.321 e. The Morgan fingerprint density at radius 2 is 1.53 bits per heavy atom. The van der Waals surface area contributed by atoms with Gasteiger partial charge in [0.2, 0.25) is 15.9 Å². The van der Waals surface area contributed by atoms with E-state index < -0.39 is 34.5 Å². The van der Waals surface area contributed by atoms with Gasteiger partial charge < -0.3 is 15.4 Å². The number of nitrogens with one attached hydrogen (secondary N) is 3. The number of carbonyl (C=O) groups is 3. The third-order valence-electron chi connectivity index (χ3n) is 4.08. The van der Waals surface area contributed by atoms with Gasteiger partial charge in [-0.15, -0.1) is 0 Å². The molecule has 0 fully saturated rings. The molecule has 0 bridgehead atoms. The lowest BCUT2D eigenvalue weighted by atomic mass is 10.2. The molecule has 0 heterocycles. The zero-order valence-corrected chi connectivity index (χ0v) is 18.7. The molecule has 32 heavy (non-hydrogen) atoms. The molecule has 0 radical (unpaired) electrons. The number of anilines is 2. The fourth-order valence-corrected chi connectivity index (χ4v) is 3.18. The van der Waals surface area contributed by atoms with Crippen LogP contribution in [0.1, 0.15) is 25.0 Å². The molecule has 170 valence electrons. The summed E-state index contributed by atoms with van der Waals surface area (Å²) in [4.78, 5) is 35.1. The molecule has 0 unspecified atom stereocenters. The van der Waals surface area contributed by atoms with Gasteiger partial charge >= 0.3 is 5.97 Å². The zero-order chi connectivity index (χ0) is 23.7. The number of hydrogen-bond donors (Lipinski definition) is 3. The lowest BCUT2D eigenvalue weighted by molar-refractivity contribution is -0.151. The van der Waals surface area contributed by atoms with Crippen LogP contribution in [0.15, 0.2) is 53.9 Å². The van der Waals surface area contributed by atoms with Gasteiger partial charge in [0.1, 0.15) is 6.54 Å². The third-order valence-corrected chi connectivity index (χ3v) is 5.13. The number of rotatable bonds is 9. The van der Waals surface area contributed by atoms with Crippen molar-refractivity contribution in [2.75, 3.05) is 17.2 Å². The number of sulfonamides is 1. The van der Waals surface area contributed by atoms with Gasteiger partial charge in [-0.3, -0.25) is 14.4 Å². The average Bonchev–Trinajstić information content (AvgIpc) is 2.73. The Balaban J connectivity index is 1.81. The standard InChI is InChI=1S/C22H25N3O6S/c1-15-4-6-18(7-5-15)12-13-32(29,30)23-14-21(27)31-16(2)22(28)25-20-10-8-19(9-11-20)24-17(3)26/h4-13,16,23H,14H2,1-3H3,(H,24,26)(H,25,28)/b13-12+/t16-/m0/s1. The van der Waals surface area contributed by atoms with Crippen LogP contribution in [0.4, 0.5) is 11.4 Å². The minimum Gasteiger partial charge on any atom is -0.452 e. The Bertz CT molecular complexity index is 1090. The first kappa shape index (κ1) is 24.8. The highest BCUT2D eigenvalue weighted by Gasteiger charge is 2.19. The van der Waals surface area contributed by atoms with Gasteiger partial charge in [0, 0.05) is 23.7 Å². The first-order chi connectivity index (χ1) is 15.0. The van der Waals surface area contributed by atoms with E-state index in [4.69, 9.17) is 4.74 Å². The minimum absolute atomic E-state index is 0.219. The molecule has 2 rings (SSSR count). The van der Waals surface area contributed by atoms with Gasteiger partial charge in [0.05, 0.1) is 0 Å². The zero-order valence-electron chi connectivity index (χ0n) is 17.9. The van der Waals surface area contributed by atoms with Crippen LogP contribution in [0.2, 0.25) is 0 Å². The lowest BCUT2D eigenvalue weighted by Gasteiger charge is -2.14. The van der Waals surface area contributed by atoms with Crippen LogP contribution in [0, 0.1) is 6.92 Å². The molecule has 0 spiro atoms. The highest BCUT2D eigenvalue weighted by Crippen LogP contribution is 2.14. The average molecular weight is 460 g/mol. The van der Waals surface area contributed by atoms with Crippen molar-refractivity contribution in [3.05, 3.63) is 65.1 Å². The molecule has 1 atom stereocenters. The summed E-state index contributed by atoms with van der Waals surface area (Å²) in [6.45, 7) is 4.04. The second-order valence-electron chi connectivity index (χ2n) is 6.96. The molecule has 0 aliphatic carbocycles. The van der Waals surface area contributed by atoms with E-state index in [0.717, 1.165) is 11.0 Å². The van der Waals surface area contributed by atoms with Crippen LogP contribution in [0.3, 0.4) is 0 Å². The first-order valence-electron chi connectivity index (χ1n) is 9.66. The molecule has 2 amide bonds. The number of benzene rings is 2. The monoisotopic (exact) mass is 459 g/mol. The van der Waals surface area contributed by atoms with Crippen molar-refractivity contribution in [2.24, 2.45) is 0 Å². The van der Waals surface area contributed by atoms with Crippen molar-refractivity contribution in [1.82, 2.24) is 4.72 Å². The molecule has 0 saturated heterocycles. The van der Waals surface area contributed by atoms with E-state index in [1.54, 1.807) is 36.4 Å². The van der Waals surface area contributed by atoms with Gasteiger partial charge in [-0.05, 0) is 49.8 Å². The summed E-state index contributed by atoms with van der Waals surface area (Å²) in [6.07, 6.45) is 0.255. The normalized spacial score (nSPS) is 12.2. The molecular formula is C22H25N3O6S. The summed E-state index contributed by atoms with van der Waals surface area (Å²) in [5, 5.41) is 6.11. The van der Waals surface area contributed by atoms with Gasteiger partial charge in [0.25, 0.3) is 5.91 Å². The van der Waals surface area contributed by atoms with E-state index in [1.807, 2.05) is 19.1 Å². The second kappa shape index (κ2) is 11.2. The topological polar surface area (TPSA) is 131 Å². The smallest absolute Gasteiger partial charge is 0.321 e. The van der Waals surface area contributed by atoms with Crippen LogP contribution in [0.25, 0.3) is 6.08 Å². The van der Waals surface area contributed by atoms with E-state index in [0.29, 0.717) is 16.9 Å². The van der Waals surface area contributed by atoms with E-state index in [1.165, 1.54) is 19.9 Å². The van der Waals surface area contributed by atoms with Crippen LogP contribution in [-0.2, 0) is 29.1 Å². The molecule has 0 saturated carbocycles. The summed E-state index contributed by atoms with van der Waals surface area (Å²) in [7, 11) is -3.86. The molecule has 0 aromatic heterocycles. The summed E-state index contributed by atoms with van der Waals surface area (Å²) >= 11 is 0. The molecule has 0 aliphatic rings. The number of ether oxygens (including phenoxy) is 1. The Labute approximate surface area is 186 Å². The molecule has 9 nitrogen and oxygen atoms in total. The van der Waals surface area contributed by atoms with Gasteiger partial charge in [-0.1, -0.05) is 29.8 Å². The summed E-state index contributed by atoms with van der Waals surface area (Å²) in [5.74, 6) is -1.71. The highest BCUT2D eigenvalue weighted by atomic mass is 32.2. The Morgan fingerprint density at radius 1 is 0.969 bits per heavy atom. The van der Waals surface area contributed by atoms with Crippen molar-refractivity contribution in [1.29, 1.82) is 0 Å². The van der Waals surface area contributed by atoms with Crippen molar-refractivity contribution in [3.63, 3.8) is 0 Å². The molecule has 3 N–H and O–H groups in total. The first-order valence-corrected chi connectivity index (χ1v) is 11.2. The molecule has 2 aromatic rings. The largest absolute Gasteiger partial charge is 0.452 e. The Morgan fingerprint density at radius 3 is 2.09 bits per heavy atom. The Hall–Kier alpha value is -3.50. The van der Waals surface area contributed by atoms with Crippen LogP contribution in [0.5, 0.6) is 0 Å². The van der Waals surface area contributed by atoms with E-state index >= 15 is 0 Å². The fraction of sp³-hybridized carbons (Fsp3) is 0.227. The second-order valence-corrected chi connectivity index (χ2v) is 8.61. The lowest BCUT2D eigenvalue weighted by Crippen LogP contribution is -2.35. The quantitative estimate of drug-likeness (QED) is 0.494. The summed E-state index contributed by atoms with van der Waals surface area (Å²) in [5.41, 5.74) is 2.75. The van der Waals surface area contributed by atoms with Crippen LogP contribution >= 0.6 is 0 Å². The molecule has 2 aromatic carbocycles. The van der Waals surface area contributed by atoms with Crippen molar-refractivity contribution in [2.45, 2.75) is 26.9 Å². The van der Waals surface area contributed by atoms with Crippen LogP contribution in [-0.4, -0.2) is 38.9 Å². The highest BCUT2D eigenvalue weighted by molar-refractivity contribution is 7.92. The van der Waals surface area contributed by atoms with E-state index in [9.17, 15) is 22.8 Å². The number of hydrogen-bond acceptors (Lipinski definition) is 6. The molecular weight excluding hydrogens is 434 g/mol. The Kier molecular flexibility index (Phi) is 8.68. The molecule has 0 aliphatic heterocycles. The predicted octanol–water partition coefficient (Wildman–Crippen LogP) is 2.41. The maximum atomic E-state index is 12.2. The van der Waals surface area contributed by atoms with Crippen LogP contribution < -0.4 is 15.4 Å². The van der Waals surface area contributed by atoms with Gasteiger partial charge in [0.15, 0.2) is 6.10 Å². The maximum absolute atomic E-state index is 12.2.